The van der Waals surface area contributed by atoms with Gasteiger partial charge in [-0.1, -0.05) is 30.3 Å². The van der Waals surface area contributed by atoms with Gasteiger partial charge in [-0.15, -0.1) is 0 Å². The minimum Gasteiger partial charge on any atom is -0.484 e. The highest BCUT2D eigenvalue weighted by molar-refractivity contribution is 5.91. The minimum atomic E-state index is -0.164. The maximum atomic E-state index is 11.6. The zero-order chi connectivity index (χ0) is 12.8. The Bertz CT molecular complexity index is 523. The smallest absolute Gasteiger partial charge is 0.262 e. The predicted molar refractivity (Wildman–Crippen MR) is 71.7 cm³/mol. The Hall–Kier alpha value is -2.29. The maximum Gasteiger partial charge on any atom is 0.262 e. The highest BCUT2D eigenvalue weighted by Crippen LogP contribution is 2.12. The average molecular weight is 241 g/mol. The van der Waals surface area contributed by atoms with Gasteiger partial charge >= 0.3 is 0 Å². The van der Waals surface area contributed by atoms with Crippen molar-refractivity contribution in [3.63, 3.8) is 0 Å². The summed E-state index contributed by atoms with van der Waals surface area (Å²) in [4.78, 5) is 11.6. The molecule has 2 aromatic carbocycles. The Balaban J connectivity index is 1.85. The third-order valence-corrected chi connectivity index (χ3v) is 2.42. The van der Waals surface area contributed by atoms with Crippen LogP contribution in [0, 0.1) is 6.92 Å². The summed E-state index contributed by atoms with van der Waals surface area (Å²) < 4.78 is 5.41. The van der Waals surface area contributed by atoms with Crippen LogP contribution in [0.1, 0.15) is 5.56 Å². The number of anilines is 1. The van der Waals surface area contributed by atoms with Crippen molar-refractivity contribution >= 4 is 11.6 Å². The van der Waals surface area contributed by atoms with Crippen LogP contribution in [-0.2, 0) is 4.79 Å². The van der Waals surface area contributed by atoms with Gasteiger partial charge in [-0.2, -0.15) is 0 Å². The molecule has 3 heteroatoms. The van der Waals surface area contributed by atoms with Crippen LogP contribution in [0.5, 0.6) is 5.75 Å². The van der Waals surface area contributed by atoms with Crippen LogP contribution in [0.2, 0.25) is 0 Å². The molecule has 0 saturated carbocycles. The van der Waals surface area contributed by atoms with Gasteiger partial charge in [-0.25, -0.2) is 0 Å². The lowest BCUT2D eigenvalue weighted by Crippen LogP contribution is -2.20. The summed E-state index contributed by atoms with van der Waals surface area (Å²) in [6, 6.07) is 16.9. The average Bonchev–Trinajstić information content (AvgIpc) is 2.38. The number of hydrogen-bond donors (Lipinski definition) is 1. The van der Waals surface area contributed by atoms with E-state index in [0.717, 1.165) is 11.3 Å². The Morgan fingerprint density at radius 2 is 1.89 bits per heavy atom. The third kappa shape index (κ3) is 3.63. The number of carbonyl (C=O) groups excluding carboxylic acids is 1. The Kier molecular flexibility index (Phi) is 3.97. The minimum absolute atomic E-state index is 0.0122. The molecule has 2 rings (SSSR count). The lowest BCUT2D eigenvalue weighted by atomic mass is 10.2. The van der Waals surface area contributed by atoms with E-state index in [1.165, 1.54) is 0 Å². The van der Waals surface area contributed by atoms with Gasteiger partial charge in [0.25, 0.3) is 5.91 Å². The van der Waals surface area contributed by atoms with E-state index in [1.807, 2.05) is 61.5 Å². The first-order valence-corrected chi connectivity index (χ1v) is 5.78. The molecule has 2 aromatic rings. The zero-order valence-corrected chi connectivity index (χ0v) is 10.2. The van der Waals surface area contributed by atoms with Gasteiger partial charge in [0, 0.05) is 5.69 Å². The van der Waals surface area contributed by atoms with Crippen LogP contribution in [0.4, 0.5) is 5.69 Å². The van der Waals surface area contributed by atoms with E-state index < -0.39 is 0 Å². The first-order valence-electron chi connectivity index (χ1n) is 5.78. The second-order valence-electron chi connectivity index (χ2n) is 4.02. The second kappa shape index (κ2) is 5.87. The van der Waals surface area contributed by atoms with Crippen LogP contribution in [0.15, 0.2) is 54.6 Å². The number of ether oxygens (including phenoxy) is 1. The number of aryl methyl sites for hydroxylation is 1. The van der Waals surface area contributed by atoms with Crippen molar-refractivity contribution in [2.45, 2.75) is 6.92 Å². The largest absolute Gasteiger partial charge is 0.484 e. The summed E-state index contributed by atoms with van der Waals surface area (Å²) in [6.07, 6.45) is 0. The van der Waals surface area contributed by atoms with Gasteiger partial charge in [0.1, 0.15) is 5.75 Å². The molecular formula is C15H15NO2. The van der Waals surface area contributed by atoms with Gasteiger partial charge in [0.05, 0.1) is 0 Å². The standard InChI is InChI=1S/C15H15NO2/c1-12-6-5-9-14(10-12)18-11-15(17)16-13-7-3-2-4-8-13/h2-10H,11H2,1H3,(H,16,17). The molecule has 0 saturated heterocycles. The molecule has 92 valence electrons. The first-order chi connectivity index (χ1) is 8.74. The van der Waals surface area contributed by atoms with E-state index in [0.29, 0.717) is 5.75 Å². The van der Waals surface area contributed by atoms with Crippen LogP contribution < -0.4 is 10.1 Å². The molecule has 1 amide bonds. The summed E-state index contributed by atoms with van der Waals surface area (Å²) in [5, 5.41) is 2.76. The summed E-state index contributed by atoms with van der Waals surface area (Å²) in [5.74, 6) is 0.543. The molecule has 0 aromatic heterocycles. The van der Waals surface area contributed by atoms with E-state index in [2.05, 4.69) is 5.32 Å². The molecule has 0 spiro atoms. The molecule has 18 heavy (non-hydrogen) atoms. The summed E-state index contributed by atoms with van der Waals surface area (Å²) >= 11 is 0. The highest BCUT2D eigenvalue weighted by atomic mass is 16.5. The molecule has 0 unspecified atom stereocenters. The third-order valence-electron chi connectivity index (χ3n) is 2.42. The molecule has 0 radical (unpaired) electrons. The van der Waals surface area contributed by atoms with Crippen LogP contribution in [0.25, 0.3) is 0 Å². The molecule has 1 N–H and O–H groups in total. The van der Waals surface area contributed by atoms with Crippen molar-refractivity contribution in [1.82, 2.24) is 0 Å². The maximum absolute atomic E-state index is 11.6. The molecular weight excluding hydrogens is 226 g/mol. The van der Waals surface area contributed by atoms with Crippen LogP contribution in [-0.4, -0.2) is 12.5 Å². The van der Waals surface area contributed by atoms with Gasteiger partial charge in [0.2, 0.25) is 0 Å². The van der Waals surface area contributed by atoms with E-state index in [-0.39, 0.29) is 12.5 Å². The summed E-state index contributed by atoms with van der Waals surface area (Å²) in [6.45, 7) is 2.00. The van der Waals surface area contributed by atoms with Gasteiger partial charge < -0.3 is 10.1 Å². The Morgan fingerprint density at radius 3 is 2.61 bits per heavy atom. The normalized spacial score (nSPS) is 9.83. The molecule has 0 bridgehead atoms. The van der Waals surface area contributed by atoms with Crippen LogP contribution >= 0.6 is 0 Å². The Labute approximate surface area is 106 Å². The van der Waals surface area contributed by atoms with E-state index in [9.17, 15) is 4.79 Å². The van der Waals surface area contributed by atoms with Crippen molar-refractivity contribution in [2.24, 2.45) is 0 Å². The van der Waals surface area contributed by atoms with Gasteiger partial charge in [0.15, 0.2) is 6.61 Å². The number of carbonyl (C=O) groups is 1. The van der Waals surface area contributed by atoms with Gasteiger partial charge in [-0.05, 0) is 36.8 Å². The Morgan fingerprint density at radius 1 is 1.11 bits per heavy atom. The first kappa shape index (κ1) is 12.2. The van der Waals surface area contributed by atoms with E-state index >= 15 is 0 Å². The SMILES string of the molecule is Cc1cccc(OCC(=O)Nc2ccccc2)c1. The van der Waals surface area contributed by atoms with E-state index in [1.54, 1.807) is 0 Å². The number of rotatable bonds is 4. The molecule has 0 aliphatic heterocycles. The van der Waals surface area contributed by atoms with Crippen LogP contribution in [0.3, 0.4) is 0 Å². The lowest BCUT2D eigenvalue weighted by Gasteiger charge is -2.07. The zero-order valence-electron chi connectivity index (χ0n) is 10.2. The number of amides is 1. The molecule has 0 aliphatic rings. The predicted octanol–water partition coefficient (Wildman–Crippen LogP) is 3.01. The summed E-state index contributed by atoms with van der Waals surface area (Å²) in [7, 11) is 0. The second-order valence-corrected chi connectivity index (χ2v) is 4.02. The van der Waals surface area contributed by atoms with Crippen molar-refractivity contribution in [2.75, 3.05) is 11.9 Å². The van der Waals surface area contributed by atoms with Crippen molar-refractivity contribution in [1.29, 1.82) is 0 Å². The highest BCUT2D eigenvalue weighted by Gasteiger charge is 2.03. The molecule has 0 atom stereocenters. The van der Waals surface area contributed by atoms with Crippen molar-refractivity contribution < 1.29 is 9.53 Å². The van der Waals surface area contributed by atoms with Crippen molar-refractivity contribution in [3.05, 3.63) is 60.2 Å². The number of para-hydroxylation sites is 1. The molecule has 0 fully saturated rings. The number of benzene rings is 2. The molecule has 0 heterocycles. The topological polar surface area (TPSA) is 38.3 Å². The fraction of sp³-hybridized carbons (Fsp3) is 0.133. The van der Waals surface area contributed by atoms with E-state index in [4.69, 9.17) is 4.74 Å². The lowest BCUT2D eigenvalue weighted by molar-refractivity contribution is -0.118. The molecule has 0 aliphatic carbocycles. The molecule has 3 nitrogen and oxygen atoms in total. The number of hydrogen-bond acceptors (Lipinski definition) is 2. The fourth-order valence-electron chi connectivity index (χ4n) is 1.57. The van der Waals surface area contributed by atoms with Gasteiger partial charge in [-0.3, -0.25) is 4.79 Å². The quantitative estimate of drug-likeness (QED) is 0.893. The fourth-order valence-corrected chi connectivity index (χ4v) is 1.57. The monoisotopic (exact) mass is 241 g/mol. The van der Waals surface area contributed by atoms with Crippen molar-refractivity contribution in [3.8, 4) is 5.75 Å². The number of nitrogens with one attached hydrogen (secondary N) is 1. The summed E-state index contributed by atoms with van der Waals surface area (Å²) in [5.41, 5.74) is 1.88.